The Kier molecular flexibility index (Phi) is 7.54. The normalized spacial score (nSPS) is 25.4. The monoisotopic (exact) mass is 450 g/mol. The number of hydrogen-bond donors (Lipinski definition) is 6. The highest BCUT2D eigenvalue weighted by molar-refractivity contribution is 6.01. The third-order valence-corrected chi connectivity index (χ3v) is 5.26. The molecule has 1 saturated heterocycles. The van der Waals surface area contributed by atoms with Gasteiger partial charge in [-0.15, -0.1) is 0 Å². The number of carbonyl (C=O) groups is 1. The molecule has 0 aliphatic carbocycles. The Bertz CT molecular complexity index is 929. The Morgan fingerprint density at radius 1 is 1.03 bits per heavy atom. The third kappa shape index (κ3) is 5.12. The summed E-state index contributed by atoms with van der Waals surface area (Å²) in [6, 6.07) is 8.38. The molecule has 2 aromatic carbocycles. The lowest BCUT2D eigenvalue weighted by Gasteiger charge is -2.41. The van der Waals surface area contributed by atoms with E-state index < -0.39 is 48.8 Å². The number of aryl methyl sites for hydroxylation is 1. The SMILES string of the molecule is CO[C@@H]1[C@@H](O)[C@H](Oc2cc(O)cc(O)c2C(=O)CCc2ccc(O)cc2)O[C@H](CO)[C@H]1O. The molecule has 1 heterocycles. The standard InChI is InChI=1S/C22H26O10/c1-30-21-19(28)17(10-23)32-22(20(21)29)31-16-9-13(25)8-15(27)18(16)14(26)7-4-11-2-5-12(24)6-3-11/h2-3,5-6,8-9,17,19-25,27-29H,4,7,10H2,1H3/t17-,19-,20-,21+,22-/m1/s1. The van der Waals surface area contributed by atoms with Crippen LogP contribution in [0.2, 0.25) is 0 Å². The zero-order chi connectivity index (χ0) is 23.4. The minimum atomic E-state index is -1.50. The number of aliphatic hydroxyl groups is 3. The molecular weight excluding hydrogens is 424 g/mol. The molecule has 0 spiro atoms. The summed E-state index contributed by atoms with van der Waals surface area (Å²) >= 11 is 0. The molecule has 0 amide bonds. The van der Waals surface area contributed by atoms with E-state index in [1.165, 1.54) is 19.2 Å². The number of hydrogen-bond acceptors (Lipinski definition) is 10. The highest BCUT2D eigenvalue weighted by atomic mass is 16.7. The van der Waals surface area contributed by atoms with Crippen LogP contribution in [0.25, 0.3) is 0 Å². The van der Waals surface area contributed by atoms with Gasteiger partial charge in [0, 0.05) is 25.7 Å². The van der Waals surface area contributed by atoms with Crippen molar-refractivity contribution in [1.82, 2.24) is 0 Å². The first-order chi connectivity index (χ1) is 15.2. The zero-order valence-electron chi connectivity index (χ0n) is 17.3. The van der Waals surface area contributed by atoms with Gasteiger partial charge in [-0.05, 0) is 24.1 Å². The van der Waals surface area contributed by atoms with E-state index in [0.29, 0.717) is 6.42 Å². The van der Waals surface area contributed by atoms with E-state index in [1.807, 2.05) is 0 Å². The Morgan fingerprint density at radius 2 is 1.72 bits per heavy atom. The van der Waals surface area contributed by atoms with Gasteiger partial charge in [-0.1, -0.05) is 12.1 Å². The molecule has 1 fully saturated rings. The molecular formula is C22H26O10. The Labute approximate surface area is 183 Å². The molecule has 6 N–H and O–H groups in total. The van der Waals surface area contributed by atoms with Crippen molar-refractivity contribution in [2.24, 2.45) is 0 Å². The predicted molar refractivity (Wildman–Crippen MR) is 110 cm³/mol. The fourth-order valence-electron chi connectivity index (χ4n) is 3.56. The van der Waals surface area contributed by atoms with Gasteiger partial charge in [-0.25, -0.2) is 0 Å². The van der Waals surface area contributed by atoms with Crippen LogP contribution in [-0.4, -0.2) is 80.8 Å². The summed E-state index contributed by atoms with van der Waals surface area (Å²) in [5.74, 6) is -1.57. The molecule has 0 saturated carbocycles. The van der Waals surface area contributed by atoms with Crippen molar-refractivity contribution < 1.29 is 49.6 Å². The number of aliphatic hydroxyl groups excluding tert-OH is 3. The number of ketones is 1. The lowest BCUT2D eigenvalue weighted by Crippen LogP contribution is -2.60. The van der Waals surface area contributed by atoms with Crippen LogP contribution in [0.4, 0.5) is 0 Å². The number of benzene rings is 2. The molecule has 1 aliphatic rings. The van der Waals surface area contributed by atoms with Crippen LogP contribution in [-0.2, 0) is 15.9 Å². The maximum absolute atomic E-state index is 12.9. The van der Waals surface area contributed by atoms with E-state index in [4.69, 9.17) is 14.2 Å². The fraction of sp³-hybridized carbons (Fsp3) is 0.409. The molecule has 0 bridgehead atoms. The second-order valence-corrected chi connectivity index (χ2v) is 7.45. The number of ether oxygens (including phenoxy) is 3. The number of rotatable bonds is 8. The summed E-state index contributed by atoms with van der Waals surface area (Å²) in [7, 11) is 1.26. The van der Waals surface area contributed by atoms with Crippen molar-refractivity contribution in [3.63, 3.8) is 0 Å². The van der Waals surface area contributed by atoms with Crippen LogP contribution in [0.3, 0.4) is 0 Å². The van der Waals surface area contributed by atoms with Crippen LogP contribution in [0.1, 0.15) is 22.3 Å². The number of phenols is 3. The second-order valence-electron chi connectivity index (χ2n) is 7.45. The molecule has 174 valence electrons. The smallest absolute Gasteiger partial charge is 0.229 e. The summed E-state index contributed by atoms with van der Waals surface area (Å²) in [5, 5.41) is 59.6. The first-order valence-corrected chi connectivity index (χ1v) is 9.94. The average Bonchev–Trinajstić information content (AvgIpc) is 2.75. The number of carbonyl (C=O) groups excluding carboxylic acids is 1. The molecule has 0 aromatic heterocycles. The quantitative estimate of drug-likeness (QED) is 0.311. The largest absolute Gasteiger partial charge is 0.508 e. The van der Waals surface area contributed by atoms with Crippen molar-refractivity contribution in [2.75, 3.05) is 13.7 Å². The second kappa shape index (κ2) is 10.2. The van der Waals surface area contributed by atoms with Crippen LogP contribution in [0, 0.1) is 0 Å². The van der Waals surface area contributed by atoms with Gasteiger partial charge in [0.05, 0.1) is 6.61 Å². The first-order valence-electron chi connectivity index (χ1n) is 9.94. The Hall–Kier alpha value is -2.89. The van der Waals surface area contributed by atoms with Gasteiger partial charge >= 0.3 is 0 Å². The van der Waals surface area contributed by atoms with Gasteiger partial charge in [0.2, 0.25) is 6.29 Å². The van der Waals surface area contributed by atoms with E-state index in [0.717, 1.165) is 17.7 Å². The van der Waals surface area contributed by atoms with Crippen molar-refractivity contribution in [1.29, 1.82) is 0 Å². The predicted octanol–water partition coefficient (Wildman–Crippen LogP) is 0.452. The Morgan fingerprint density at radius 3 is 2.34 bits per heavy atom. The molecule has 32 heavy (non-hydrogen) atoms. The van der Waals surface area contributed by atoms with Gasteiger partial charge in [0.25, 0.3) is 0 Å². The maximum atomic E-state index is 12.9. The number of aromatic hydroxyl groups is 3. The minimum absolute atomic E-state index is 0.0216. The maximum Gasteiger partial charge on any atom is 0.229 e. The van der Waals surface area contributed by atoms with Crippen molar-refractivity contribution >= 4 is 5.78 Å². The van der Waals surface area contributed by atoms with Gasteiger partial charge < -0.3 is 44.8 Å². The van der Waals surface area contributed by atoms with Gasteiger partial charge in [-0.2, -0.15) is 0 Å². The molecule has 0 unspecified atom stereocenters. The summed E-state index contributed by atoms with van der Waals surface area (Å²) in [6.45, 7) is -0.586. The molecule has 10 nitrogen and oxygen atoms in total. The average molecular weight is 450 g/mol. The van der Waals surface area contributed by atoms with Gasteiger partial charge in [0.1, 0.15) is 53.0 Å². The summed E-state index contributed by atoms with van der Waals surface area (Å²) in [6.07, 6.45) is -6.28. The molecule has 3 rings (SSSR count). The topological polar surface area (TPSA) is 166 Å². The lowest BCUT2D eigenvalue weighted by atomic mass is 9.98. The van der Waals surface area contributed by atoms with Crippen LogP contribution < -0.4 is 4.74 Å². The fourth-order valence-corrected chi connectivity index (χ4v) is 3.56. The number of phenolic OH excluding ortho intramolecular Hbond substituents is 3. The van der Waals surface area contributed by atoms with E-state index in [1.54, 1.807) is 12.1 Å². The number of Topliss-reactive ketones (excluding diaryl/α,β-unsaturated/α-hetero) is 1. The van der Waals surface area contributed by atoms with Crippen LogP contribution in [0.5, 0.6) is 23.0 Å². The highest BCUT2D eigenvalue weighted by Crippen LogP contribution is 2.36. The minimum Gasteiger partial charge on any atom is -0.508 e. The molecule has 0 radical (unpaired) electrons. The van der Waals surface area contributed by atoms with E-state index in [9.17, 15) is 35.4 Å². The molecule has 5 atom stereocenters. The van der Waals surface area contributed by atoms with Gasteiger partial charge in [0.15, 0.2) is 5.78 Å². The van der Waals surface area contributed by atoms with Crippen molar-refractivity contribution in [3.8, 4) is 23.0 Å². The van der Waals surface area contributed by atoms with Crippen molar-refractivity contribution in [3.05, 3.63) is 47.5 Å². The molecule has 2 aromatic rings. The van der Waals surface area contributed by atoms with Crippen LogP contribution >= 0.6 is 0 Å². The third-order valence-electron chi connectivity index (χ3n) is 5.26. The number of methoxy groups -OCH3 is 1. The zero-order valence-corrected chi connectivity index (χ0v) is 17.3. The summed E-state index contributed by atoms with van der Waals surface area (Å²) in [5.41, 5.74) is 0.559. The summed E-state index contributed by atoms with van der Waals surface area (Å²) < 4.78 is 16.1. The van der Waals surface area contributed by atoms with Crippen molar-refractivity contribution in [2.45, 2.75) is 43.5 Å². The highest BCUT2D eigenvalue weighted by Gasteiger charge is 2.46. The molecule has 1 aliphatic heterocycles. The summed E-state index contributed by atoms with van der Waals surface area (Å²) in [4.78, 5) is 12.9. The van der Waals surface area contributed by atoms with Crippen LogP contribution in [0.15, 0.2) is 36.4 Å². The van der Waals surface area contributed by atoms with E-state index in [-0.39, 0.29) is 29.2 Å². The first kappa shape index (κ1) is 23.8. The van der Waals surface area contributed by atoms with E-state index in [2.05, 4.69) is 0 Å². The van der Waals surface area contributed by atoms with Gasteiger partial charge in [-0.3, -0.25) is 4.79 Å². The van der Waals surface area contributed by atoms with E-state index >= 15 is 0 Å². The lowest BCUT2D eigenvalue weighted by molar-refractivity contribution is -0.282. The molecule has 10 heteroatoms. The Balaban J connectivity index is 1.83.